The van der Waals surface area contributed by atoms with Crippen LogP contribution in [0.3, 0.4) is 0 Å². The van der Waals surface area contributed by atoms with Crippen LogP contribution in [-0.4, -0.2) is 5.11 Å². The summed E-state index contributed by atoms with van der Waals surface area (Å²) >= 11 is 3.45. The molecule has 0 aliphatic carbocycles. The highest BCUT2D eigenvalue weighted by Gasteiger charge is 2.03. The Labute approximate surface area is 85.3 Å². The molecule has 0 spiro atoms. The molecular formula is C10H10OS2. The summed E-state index contributed by atoms with van der Waals surface area (Å²) in [5.74, 6) is 0. The number of hydrogen-bond donors (Lipinski definition) is 1. The standard InChI is InChI=1S/C10H10OS2/c1-7-2-4-9(12-7)10-5-3-8(6-11)13-10/h2-5,11H,6H2,1H3. The van der Waals surface area contributed by atoms with Crippen molar-refractivity contribution in [3.63, 3.8) is 0 Å². The first-order chi connectivity index (χ1) is 6.29. The molecule has 0 atom stereocenters. The lowest BCUT2D eigenvalue weighted by Crippen LogP contribution is -1.69. The van der Waals surface area contributed by atoms with Crippen LogP contribution in [0.4, 0.5) is 0 Å². The normalized spacial score (nSPS) is 10.6. The molecule has 13 heavy (non-hydrogen) atoms. The molecule has 0 aliphatic heterocycles. The molecule has 68 valence electrons. The zero-order valence-electron chi connectivity index (χ0n) is 7.28. The lowest BCUT2D eigenvalue weighted by atomic mass is 10.3. The van der Waals surface area contributed by atoms with Crippen molar-refractivity contribution in [3.8, 4) is 9.75 Å². The summed E-state index contributed by atoms with van der Waals surface area (Å²) in [7, 11) is 0. The molecule has 0 aliphatic rings. The predicted molar refractivity (Wildman–Crippen MR) is 58.3 cm³/mol. The monoisotopic (exact) mass is 210 g/mol. The van der Waals surface area contributed by atoms with E-state index >= 15 is 0 Å². The van der Waals surface area contributed by atoms with Crippen LogP contribution in [0.2, 0.25) is 0 Å². The maximum absolute atomic E-state index is 8.92. The highest BCUT2D eigenvalue weighted by atomic mass is 32.1. The van der Waals surface area contributed by atoms with Gasteiger partial charge in [0.2, 0.25) is 0 Å². The van der Waals surface area contributed by atoms with Crippen molar-refractivity contribution in [2.24, 2.45) is 0 Å². The Bertz CT molecular complexity index is 400. The summed E-state index contributed by atoms with van der Waals surface area (Å²) < 4.78 is 0. The first-order valence-electron chi connectivity index (χ1n) is 4.06. The Kier molecular flexibility index (Phi) is 2.49. The van der Waals surface area contributed by atoms with Gasteiger partial charge >= 0.3 is 0 Å². The fraction of sp³-hybridized carbons (Fsp3) is 0.200. The summed E-state index contributed by atoms with van der Waals surface area (Å²) in [6.07, 6.45) is 0. The number of aliphatic hydroxyl groups excluding tert-OH is 1. The van der Waals surface area contributed by atoms with E-state index in [4.69, 9.17) is 5.11 Å². The van der Waals surface area contributed by atoms with E-state index in [2.05, 4.69) is 25.1 Å². The first kappa shape index (κ1) is 8.94. The zero-order chi connectivity index (χ0) is 9.26. The molecule has 1 N–H and O–H groups in total. The van der Waals surface area contributed by atoms with Gasteiger partial charge in [-0.05, 0) is 31.2 Å². The Morgan fingerprint density at radius 2 is 1.77 bits per heavy atom. The zero-order valence-corrected chi connectivity index (χ0v) is 8.91. The minimum atomic E-state index is 0.148. The lowest BCUT2D eigenvalue weighted by Gasteiger charge is -1.88. The largest absolute Gasteiger partial charge is 0.391 e. The summed E-state index contributed by atoms with van der Waals surface area (Å²) in [5, 5.41) is 8.92. The number of aliphatic hydroxyl groups is 1. The van der Waals surface area contributed by atoms with Crippen molar-refractivity contribution >= 4 is 22.7 Å². The molecule has 2 heterocycles. The second-order valence-electron chi connectivity index (χ2n) is 2.83. The van der Waals surface area contributed by atoms with Crippen molar-refractivity contribution in [1.29, 1.82) is 0 Å². The molecule has 3 heteroatoms. The number of hydrogen-bond acceptors (Lipinski definition) is 3. The molecule has 0 saturated carbocycles. The molecule has 1 nitrogen and oxygen atoms in total. The topological polar surface area (TPSA) is 20.2 Å². The van der Waals surface area contributed by atoms with E-state index in [0.717, 1.165) is 4.88 Å². The van der Waals surface area contributed by atoms with Gasteiger partial charge in [0.1, 0.15) is 0 Å². The Hall–Kier alpha value is -0.640. The van der Waals surface area contributed by atoms with E-state index in [1.807, 2.05) is 6.07 Å². The minimum Gasteiger partial charge on any atom is -0.391 e. The second kappa shape index (κ2) is 3.62. The smallest absolute Gasteiger partial charge is 0.0774 e. The molecule has 0 unspecified atom stereocenters. The first-order valence-corrected chi connectivity index (χ1v) is 5.69. The van der Waals surface area contributed by atoms with Crippen molar-refractivity contribution in [3.05, 3.63) is 34.0 Å². The van der Waals surface area contributed by atoms with E-state index < -0.39 is 0 Å². The fourth-order valence-electron chi connectivity index (χ4n) is 1.16. The van der Waals surface area contributed by atoms with Crippen LogP contribution in [-0.2, 0) is 6.61 Å². The van der Waals surface area contributed by atoms with Crippen molar-refractivity contribution < 1.29 is 5.11 Å². The Balaban J connectivity index is 2.35. The van der Waals surface area contributed by atoms with E-state index in [1.165, 1.54) is 14.6 Å². The SMILES string of the molecule is Cc1ccc(-c2ccc(CO)s2)s1. The molecule has 2 aromatic heterocycles. The van der Waals surface area contributed by atoms with Crippen LogP contribution in [0, 0.1) is 6.92 Å². The van der Waals surface area contributed by atoms with Gasteiger partial charge in [-0.2, -0.15) is 0 Å². The summed E-state index contributed by atoms with van der Waals surface area (Å²) in [6.45, 7) is 2.25. The van der Waals surface area contributed by atoms with Gasteiger partial charge in [0.15, 0.2) is 0 Å². The van der Waals surface area contributed by atoms with Crippen LogP contribution in [0.25, 0.3) is 9.75 Å². The van der Waals surface area contributed by atoms with Gasteiger partial charge in [0.05, 0.1) is 6.61 Å². The lowest BCUT2D eigenvalue weighted by molar-refractivity contribution is 0.285. The second-order valence-corrected chi connectivity index (χ2v) is 5.29. The molecular weight excluding hydrogens is 200 g/mol. The van der Waals surface area contributed by atoms with Crippen LogP contribution in [0.1, 0.15) is 9.75 Å². The van der Waals surface area contributed by atoms with Gasteiger partial charge in [-0.3, -0.25) is 0 Å². The van der Waals surface area contributed by atoms with Crippen molar-refractivity contribution in [2.45, 2.75) is 13.5 Å². The van der Waals surface area contributed by atoms with E-state index in [0.29, 0.717) is 0 Å². The predicted octanol–water partition coefficient (Wildman–Crippen LogP) is 3.28. The summed E-state index contributed by atoms with van der Waals surface area (Å²) in [4.78, 5) is 4.90. The molecule has 0 bridgehead atoms. The van der Waals surface area contributed by atoms with Gasteiger partial charge < -0.3 is 5.11 Å². The molecule has 2 rings (SSSR count). The highest BCUT2D eigenvalue weighted by molar-refractivity contribution is 7.22. The molecule has 0 saturated heterocycles. The molecule has 2 aromatic rings. The molecule has 0 radical (unpaired) electrons. The van der Waals surface area contributed by atoms with E-state index in [-0.39, 0.29) is 6.61 Å². The summed E-state index contributed by atoms with van der Waals surface area (Å²) in [6, 6.07) is 8.31. The maximum Gasteiger partial charge on any atom is 0.0774 e. The quantitative estimate of drug-likeness (QED) is 0.806. The highest BCUT2D eigenvalue weighted by Crippen LogP contribution is 2.33. The average molecular weight is 210 g/mol. The molecule has 0 aromatic carbocycles. The van der Waals surface area contributed by atoms with Gasteiger partial charge in [-0.15, -0.1) is 22.7 Å². The van der Waals surface area contributed by atoms with Crippen LogP contribution in [0.15, 0.2) is 24.3 Å². The Morgan fingerprint density at radius 3 is 2.31 bits per heavy atom. The third kappa shape index (κ3) is 1.82. The number of aryl methyl sites for hydroxylation is 1. The Morgan fingerprint density at radius 1 is 1.08 bits per heavy atom. The van der Waals surface area contributed by atoms with Gasteiger partial charge in [-0.25, -0.2) is 0 Å². The van der Waals surface area contributed by atoms with E-state index in [9.17, 15) is 0 Å². The van der Waals surface area contributed by atoms with Crippen LogP contribution < -0.4 is 0 Å². The van der Waals surface area contributed by atoms with Gasteiger partial charge in [0.25, 0.3) is 0 Å². The van der Waals surface area contributed by atoms with Gasteiger partial charge in [-0.1, -0.05) is 0 Å². The maximum atomic E-state index is 8.92. The fourth-order valence-corrected chi connectivity index (χ4v) is 2.99. The van der Waals surface area contributed by atoms with Gasteiger partial charge in [0, 0.05) is 19.5 Å². The average Bonchev–Trinajstić information content (AvgIpc) is 2.71. The van der Waals surface area contributed by atoms with Crippen molar-refractivity contribution in [2.75, 3.05) is 0 Å². The minimum absolute atomic E-state index is 0.148. The molecule has 0 fully saturated rings. The summed E-state index contributed by atoms with van der Waals surface area (Å²) in [5.41, 5.74) is 0. The molecule has 0 amide bonds. The van der Waals surface area contributed by atoms with Crippen LogP contribution in [0.5, 0.6) is 0 Å². The third-order valence-corrected chi connectivity index (χ3v) is 4.07. The third-order valence-electron chi connectivity index (χ3n) is 1.80. The van der Waals surface area contributed by atoms with Crippen molar-refractivity contribution in [1.82, 2.24) is 0 Å². The van der Waals surface area contributed by atoms with E-state index in [1.54, 1.807) is 22.7 Å². The van der Waals surface area contributed by atoms with Crippen LogP contribution >= 0.6 is 22.7 Å². The number of thiophene rings is 2. The number of rotatable bonds is 2.